The summed E-state index contributed by atoms with van der Waals surface area (Å²) < 4.78 is 5.56. The molecule has 0 saturated carbocycles. The predicted molar refractivity (Wildman–Crippen MR) is 122 cm³/mol. The summed E-state index contributed by atoms with van der Waals surface area (Å²) in [6, 6.07) is 21.3. The van der Waals surface area contributed by atoms with Gasteiger partial charge in [-0.05, 0) is 41.8 Å². The Labute approximate surface area is 183 Å². The highest BCUT2D eigenvalue weighted by molar-refractivity contribution is 5.90. The number of carbonyl (C=O) groups is 1. The summed E-state index contributed by atoms with van der Waals surface area (Å²) in [4.78, 5) is 18.4. The van der Waals surface area contributed by atoms with Gasteiger partial charge in [0.1, 0.15) is 0 Å². The molecular formula is C25H29N3O3. The van der Waals surface area contributed by atoms with E-state index in [1.807, 2.05) is 73.7 Å². The van der Waals surface area contributed by atoms with Gasteiger partial charge >= 0.3 is 6.03 Å². The standard InChI is InChI=1S/C25H29N3O3/c1-19-11-12-21(14-22-10-6-7-13-26-22)15-24(19)27-25(30)28(2)16-23(29)18-31-17-20-8-4-3-5-9-20/h3-13,15,23,29H,14,16-18H2,1-2H3,(H,27,30). The number of urea groups is 1. The molecule has 0 radical (unpaired) electrons. The van der Waals surface area contributed by atoms with Crippen LogP contribution in [0.15, 0.2) is 72.9 Å². The molecule has 1 heterocycles. The Bertz CT molecular complexity index is 964. The van der Waals surface area contributed by atoms with E-state index in [2.05, 4.69) is 10.3 Å². The molecule has 3 aromatic rings. The number of hydrogen-bond donors (Lipinski definition) is 2. The van der Waals surface area contributed by atoms with Crippen molar-refractivity contribution in [2.24, 2.45) is 0 Å². The Balaban J connectivity index is 1.49. The van der Waals surface area contributed by atoms with Crippen LogP contribution in [0.2, 0.25) is 0 Å². The normalized spacial score (nSPS) is 11.7. The van der Waals surface area contributed by atoms with Gasteiger partial charge in [-0.25, -0.2) is 4.79 Å². The Morgan fingerprint density at radius 3 is 2.61 bits per heavy atom. The fourth-order valence-electron chi connectivity index (χ4n) is 3.18. The molecule has 2 N–H and O–H groups in total. The molecule has 162 valence electrons. The van der Waals surface area contributed by atoms with Gasteiger partial charge < -0.3 is 20.1 Å². The zero-order chi connectivity index (χ0) is 22.1. The van der Waals surface area contributed by atoms with E-state index in [4.69, 9.17) is 4.74 Å². The third-order valence-electron chi connectivity index (χ3n) is 4.91. The Morgan fingerprint density at radius 2 is 1.87 bits per heavy atom. The maximum atomic E-state index is 12.6. The molecule has 0 fully saturated rings. The fourth-order valence-corrected chi connectivity index (χ4v) is 3.18. The molecule has 6 heteroatoms. The van der Waals surface area contributed by atoms with Crippen molar-refractivity contribution in [2.75, 3.05) is 25.5 Å². The molecule has 2 amide bonds. The van der Waals surface area contributed by atoms with Gasteiger partial charge in [0.25, 0.3) is 0 Å². The van der Waals surface area contributed by atoms with Gasteiger partial charge in [0.15, 0.2) is 0 Å². The van der Waals surface area contributed by atoms with Gasteiger partial charge in [0, 0.05) is 31.0 Å². The number of aryl methyl sites for hydroxylation is 1. The predicted octanol–water partition coefficient (Wildman–Crippen LogP) is 4.02. The lowest BCUT2D eigenvalue weighted by Gasteiger charge is -2.22. The minimum atomic E-state index is -0.768. The zero-order valence-corrected chi connectivity index (χ0v) is 18.0. The first-order valence-electron chi connectivity index (χ1n) is 10.3. The summed E-state index contributed by atoms with van der Waals surface area (Å²) >= 11 is 0. The average Bonchev–Trinajstić information content (AvgIpc) is 2.77. The van der Waals surface area contributed by atoms with Crippen LogP contribution in [0.3, 0.4) is 0 Å². The van der Waals surface area contributed by atoms with E-state index in [-0.39, 0.29) is 19.2 Å². The van der Waals surface area contributed by atoms with Crippen LogP contribution in [0.25, 0.3) is 0 Å². The van der Waals surface area contributed by atoms with Gasteiger partial charge in [-0.3, -0.25) is 4.98 Å². The van der Waals surface area contributed by atoms with Crippen LogP contribution in [0.1, 0.15) is 22.4 Å². The van der Waals surface area contributed by atoms with Crippen LogP contribution >= 0.6 is 0 Å². The zero-order valence-electron chi connectivity index (χ0n) is 18.0. The second kappa shape index (κ2) is 11.2. The number of aliphatic hydroxyl groups is 1. The van der Waals surface area contributed by atoms with Crippen molar-refractivity contribution in [3.8, 4) is 0 Å². The van der Waals surface area contributed by atoms with Crippen molar-refractivity contribution in [3.05, 3.63) is 95.3 Å². The molecule has 31 heavy (non-hydrogen) atoms. The summed E-state index contributed by atoms with van der Waals surface area (Å²) in [5.41, 5.74) is 4.80. The summed E-state index contributed by atoms with van der Waals surface area (Å²) in [6.45, 7) is 2.71. The maximum absolute atomic E-state index is 12.6. The lowest BCUT2D eigenvalue weighted by atomic mass is 10.1. The SMILES string of the molecule is Cc1ccc(Cc2ccccn2)cc1NC(=O)N(C)CC(O)COCc1ccccc1. The number of amides is 2. The molecule has 0 saturated heterocycles. The van der Waals surface area contributed by atoms with Crippen molar-refractivity contribution in [3.63, 3.8) is 0 Å². The van der Waals surface area contributed by atoms with Gasteiger partial charge in [0.2, 0.25) is 0 Å². The lowest BCUT2D eigenvalue weighted by molar-refractivity contribution is 0.0188. The highest BCUT2D eigenvalue weighted by Crippen LogP contribution is 2.19. The molecule has 1 atom stereocenters. The van der Waals surface area contributed by atoms with E-state index < -0.39 is 6.10 Å². The van der Waals surface area contributed by atoms with Crippen molar-refractivity contribution >= 4 is 11.7 Å². The molecule has 1 unspecified atom stereocenters. The largest absolute Gasteiger partial charge is 0.389 e. The number of rotatable bonds is 9. The Hall–Kier alpha value is -3.22. The van der Waals surface area contributed by atoms with Crippen LogP contribution in [0.5, 0.6) is 0 Å². The number of hydrogen-bond acceptors (Lipinski definition) is 4. The smallest absolute Gasteiger partial charge is 0.321 e. The summed E-state index contributed by atoms with van der Waals surface area (Å²) in [7, 11) is 1.66. The van der Waals surface area contributed by atoms with E-state index in [1.165, 1.54) is 4.90 Å². The first kappa shape index (κ1) is 22.5. The summed E-state index contributed by atoms with van der Waals surface area (Å²) in [6.07, 6.45) is 1.70. The van der Waals surface area contributed by atoms with Gasteiger partial charge in [-0.15, -0.1) is 0 Å². The fraction of sp³-hybridized carbons (Fsp3) is 0.280. The number of aromatic nitrogens is 1. The van der Waals surface area contributed by atoms with Gasteiger partial charge in [-0.1, -0.05) is 48.5 Å². The molecule has 2 aromatic carbocycles. The Morgan fingerprint density at radius 1 is 1.10 bits per heavy atom. The highest BCUT2D eigenvalue weighted by Gasteiger charge is 2.15. The number of carbonyl (C=O) groups excluding carboxylic acids is 1. The Kier molecular flexibility index (Phi) is 8.15. The minimum Gasteiger partial charge on any atom is -0.389 e. The van der Waals surface area contributed by atoms with E-state index >= 15 is 0 Å². The number of nitrogens with one attached hydrogen (secondary N) is 1. The molecule has 6 nitrogen and oxygen atoms in total. The molecule has 0 aliphatic rings. The molecule has 1 aromatic heterocycles. The number of pyridine rings is 1. The number of nitrogens with zero attached hydrogens (tertiary/aromatic N) is 2. The van der Waals surface area contributed by atoms with Crippen LogP contribution in [0.4, 0.5) is 10.5 Å². The third-order valence-corrected chi connectivity index (χ3v) is 4.91. The minimum absolute atomic E-state index is 0.158. The number of likely N-dealkylation sites (N-methyl/N-ethyl adjacent to an activating group) is 1. The second-order valence-electron chi connectivity index (χ2n) is 7.61. The molecule has 0 spiro atoms. The highest BCUT2D eigenvalue weighted by atomic mass is 16.5. The van der Waals surface area contributed by atoms with Crippen LogP contribution in [-0.4, -0.2) is 47.3 Å². The van der Waals surface area contributed by atoms with E-state index in [1.54, 1.807) is 13.2 Å². The van der Waals surface area contributed by atoms with Gasteiger partial charge in [-0.2, -0.15) is 0 Å². The lowest BCUT2D eigenvalue weighted by Crippen LogP contribution is -2.39. The monoisotopic (exact) mass is 419 g/mol. The molecule has 3 rings (SSSR count). The van der Waals surface area contributed by atoms with Crippen LogP contribution in [-0.2, 0) is 17.8 Å². The average molecular weight is 420 g/mol. The second-order valence-corrected chi connectivity index (χ2v) is 7.61. The summed E-state index contributed by atoms with van der Waals surface area (Å²) in [5.74, 6) is 0. The molecule has 0 aliphatic carbocycles. The quantitative estimate of drug-likeness (QED) is 0.549. The van der Waals surface area contributed by atoms with Crippen molar-refractivity contribution in [2.45, 2.75) is 26.1 Å². The summed E-state index contributed by atoms with van der Waals surface area (Å²) in [5, 5.41) is 13.2. The number of aliphatic hydroxyl groups excluding tert-OH is 1. The molecular weight excluding hydrogens is 390 g/mol. The van der Waals surface area contributed by atoms with Crippen LogP contribution in [0, 0.1) is 6.92 Å². The third kappa shape index (κ3) is 7.20. The topological polar surface area (TPSA) is 74.7 Å². The first-order valence-corrected chi connectivity index (χ1v) is 10.3. The van der Waals surface area contributed by atoms with Gasteiger partial charge in [0.05, 0.1) is 25.9 Å². The molecule has 0 aliphatic heterocycles. The number of ether oxygens (including phenoxy) is 1. The van der Waals surface area contributed by atoms with Crippen molar-refractivity contribution in [1.82, 2.24) is 9.88 Å². The first-order chi connectivity index (χ1) is 15.0. The maximum Gasteiger partial charge on any atom is 0.321 e. The van der Waals surface area contributed by atoms with Crippen molar-refractivity contribution in [1.29, 1.82) is 0 Å². The van der Waals surface area contributed by atoms with Crippen molar-refractivity contribution < 1.29 is 14.6 Å². The number of benzene rings is 2. The van der Waals surface area contributed by atoms with E-state index in [0.29, 0.717) is 13.0 Å². The van der Waals surface area contributed by atoms with Crippen LogP contribution < -0.4 is 5.32 Å². The van der Waals surface area contributed by atoms with E-state index in [9.17, 15) is 9.90 Å². The van der Waals surface area contributed by atoms with E-state index in [0.717, 1.165) is 28.1 Å². The molecule has 0 bridgehead atoms. The number of anilines is 1.